The molecule has 1 aliphatic heterocycles. The minimum atomic E-state index is -1.11. The zero-order valence-corrected chi connectivity index (χ0v) is 17.4. The van der Waals surface area contributed by atoms with Gasteiger partial charge >= 0.3 is 0 Å². The van der Waals surface area contributed by atoms with Crippen molar-refractivity contribution >= 4 is 33.4 Å². The molecule has 0 amide bonds. The maximum atomic E-state index is 15.0. The number of fused-ring (bicyclic) bond motifs is 4. The first-order valence-corrected chi connectivity index (χ1v) is 9.96. The largest absolute Gasteiger partial charge is 0.378 e. The number of anilines is 2. The summed E-state index contributed by atoms with van der Waals surface area (Å²) in [4.78, 5) is 15.0. The first kappa shape index (κ1) is 19.3. The van der Waals surface area contributed by atoms with Gasteiger partial charge < -0.3 is 10.0 Å². The van der Waals surface area contributed by atoms with Crippen molar-refractivity contribution in [1.29, 1.82) is 0 Å². The summed E-state index contributed by atoms with van der Waals surface area (Å²) in [6.45, 7) is 3.92. The van der Waals surface area contributed by atoms with Gasteiger partial charge in [-0.1, -0.05) is 17.1 Å². The van der Waals surface area contributed by atoms with Crippen molar-refractivity contribution in [3.63, 3.8) is 0 Å². The van der Waals surface area contributed by atoms with Crippen LogP contribution in [0.25, 0.3) is 21.9 Å². The van der Waals surface area contributed by atoms with Crippen molar-refractivity contribution in [2.45, 2.75) is 32.3 Å². The van der Waals surface area contributed by atoms with Crippen molar-refractivity contribution in [2.24, 2.45) is 7.05 Å². The van der Waals surface area contributed by atoms with Gasteiger partial charge in [0.2, 0.25) is 5.65 Å². The fraction of sp³-hybridized carbons (Fsp3) is 0.318. The van der Waals surface area contributed by atoms with Gasteiger partial charge in [0.1, 0.15) is 16.9 Å². The molecule has 156 valence electrons. The summed E-state index contributed by atoms with van der Waals surface area (Å²) in [5, 5.41) is 19.2. The Kier molecular flexibility index (Phi) is 4.34. The zero-order chi connectivity index (χ0) is 21.8. The maximum Gasteiger partial charge on any atom is 0.204 e. The molecule has 8 nitrogen and oxygen atoms in total. The molecule has 0 radical (unpaired) electrons. The maximum absolute atomic E-state index is 15.0. The molecule has 31 heavy (non-hydrogen) atoms. The second-order valence-corrected chi connectivity index (χ2v) is 8.11. The normalized spacial score (nSPS) is 13.9. The second kappa shape index (κ2) is 6.96. The van der Waals surface area contributed by atoms with Gasteiger partial charge in [0, 0.05) is 36.9 Å². The van der Waals surface area contributed by atoms with E-state index in [9.17, 15) is 5.11 Å². The van der Waals surface area contributed by atoms with Crippen LogP contribution in [-0.2, 0) is 13.5 Å². The van der Waals surface area contributed by atoms with Crippen molar-refractivity contribution in [3.05, 3.63) is 41.7 Å². The van der Waals surface area contributed by atoms with E-state index in [2.05, 4.69) is 37.1 Å². The molecule has 0 fully saturated rings. The molecule has 1 aliphatic rings. The van der Waals surface area contributed by atoms with Crippen LogP contribution < -0.4 is 4.90 Å². The monoisotopic (exact) mass is 417 g/mol. The summed E-state index contributed by atoms with van der Waals surface area (Å²) in [6.07, 6.45) is 7.89. The first-order chi connectivity index (χ1) is 14.8. The van der Waals surface area contributed by atoms with Crippen LogP contribution in [0.1, 0.15) is 31.4 Å². The smallest absolute Gasteiger partial charge is 0.204 e. The van der Waals surface area contributed by atoms with Crippen LogP contribution in [0.2, 0.25) is 0 Å². The summed E-state index contributed by atoms with van der Waals surface area (Å²) in [5.41, 5.74) is 2.52. The van der Waals surface area contributed by atoms with Gasteiger partial charge in [0.15, 0.2) is 5.82 Å². The van der Waals surface area contributed by atoms with Crippen LogP contribution >= 0.6 is 0 Å². The Morgan fingerprint density at radius 1 is 1.16 bits per heavy atom. The van der Waals surface area contributed by atoms with Gasteiger partial charge in [0.25, 0.3) is 0 Å². The minimum absolute atomic E-state index is 0.369. The van der Waals surface area contributed by atoms with Crippen LogP contribution in [0.5, 0.6) is 0 Å². The Morgan fingerprint density at radius 2 is 1.97 bits per heavy atom. The predicted molar refractivity (Wildman–Crippen MR) is 114 cm³/mol. The summed E-state index contributed by atoms with van der Waals surface area (Å²) < 4.78 is 16.6. The first-order valence-electron chi connectivity index (χ1n) is 9.96. The molecule has 0 saturated heterocycles. The third-order valence-electron chi connectivity index (χ3n) is 5.29. The molecular weight excluding hydrogens is 397 g/mol. The molecule has 5 heterocycles. The van der Waals surface area contributed by atoms with E-state index in [1.165, 1.54) is 6.20 Å². The van der Waals surface area contributed by atoms with Crippen molar-refractivity contribution < 1.29 is 9.50 Å². The quantitative estimate of drug-likeness (QED) is 0.476. The Hall–Kier alpha value is -3.64. The summed E-state index contributed by atoms with van der Waals surface area (Å²) in [7, 11) is 1.74. The predicted octanol–water partition coefficient (Wildman–Crippen LogP) is 2.65. The highest BCUT2D eigenvalue weighted by Gasteiger charge is 2.26. The minimum Gasteiger partial charge on any atom is -0.378 e. The van der Waals surface area contributed by atoms with E-state index in [1.54, 1.807) is 44.2 Å². The number of aromatic nitrogens is 6. The van der Waals surface area contributed by atoms with Gasteiger partial charge in [-0.2, -0.15) is 0 Å². The molecule has 5 rings (SSSR count). The lowest BCUT2D eigenvalue weighted by Gasteiger charge is -2.31. The summed E-state index contributed by atoms with van der Waals surface area (Å²) >= 11 is 0. The van der Waals surface area contributed by atoms with Crippen molar-refractivity contribution in [2.75, 3.05) is 11.4 Å². The molecular formula is C22H20FN7O. The highest BCUT2D eigenvalue weighted by molar-refractivity contribution is 6.08. The molecule has 4 aromatic rings. The highest BCUT2D eigenvalue weighted by atomic mass is 19.1. The number of halogens is 1. The number of aliphatic hydroxyl groups is 1. The molecule has 0 bridgehead atoms. The van der Waals surface area contributed by atoms with Gasteiger partial charge in [0.05, 0.1) is 23.5 Å². The average Bonchev–Trinajstić information content (AvgIpc) is 3.12. The van der Waals surface area contributed by atoms with Crippen molar-refractivity contribution in [3.8, 4) is 11.8 Å². The van der Waals surface area contributed by atoms with E-state index < -0.39 is 11.4 Å². The van der Waals surface area contributed by atoms with Crippen LogP contribution in [0, 0.1) is 17.7 Å². The second-order valence-electron chi connectivity index (χ2n) is 8.11. The van der Waals surface area contributed by atoms with Crippen LogP contribution in [0.15, 0.2) is 24.8 Å². The van der Waals surface area contributed by atoms with E-state index in [4.69, 9.17) is 0 Å². The molecule has 0 saturated carbocycles. The summed E-state index contributed by atoms with van der Waals surface area (Å²) in [5.74, 6) is 5.90. The van der Waals surface area contributed by atoms with E-state index in [1.807, 2.05) is 4.90 Å². The van der Waals surface area contributed by atoms with E-state index >= 15 is 4.39 Å². The summed E-state index contributed by atoms with van der Waals surface area (Å²) in [6, 6.07) is 0. The Balaban J connectivity index is 1.75. The zero-order valence-electron chi connectivity index (χ0n) is 17.4. The van der Waals surface area contributed by atoms with Crippen LogP contribution in [0.4, 0.5) is 15.9 Å². The van der Waals surface area contributed by atoms with E-state index in [0.29, 0.717) is 34.3 Å². The lowest BCUT2D eigenvalue weighted by molar-refractivity contribution is 0.143. The standard InChI is InChI=1S/C22H20FN7O/c1-22(2,31)7-6-13-9-24-12-17-14(13)5-4-8-30(17)21-18-15(10-25-11-16(18)23)19-20(26-21)27-28-29(19)3/h9-12,31H,4-5,8H2,1-3H3. The molecule has 4 aromatic heterocycles. The fourth-order valence-corrected chi connectivity index (χ4v) is 3.96. The number of nitrogens with zero attached hydrogens (tertiary/aromatic N) is 7. The van der Waals surface area contributed by atoms with Crippen molar-refractivity contribution in [1.82, 2.24) is 29.9 Å². The molecule has 9 heteroatoms. The molecule has 0 atom stereocenters. The number of aryl methyl sites for hydroxylation is 1. The number of pyridine rings is 3. The SMILES string of the molecule is Cn1nnc2nc(N3CCCc4c(C#CC(C)(C)O)cncc43)c3c(F)cncc3c21. The highest BCUT2D eigenvalue weighted by Crippen LogP contribution is 2.39. The van der Waals surface area contributed by atoms with Gasteiger partial charge in [-0.3, -0.25) is 9.97 Å². The number of hydrogen-bond donors (Lipinski definition) is 1. The topological polar surface area (TPSA) is 92.9 Å². The van der Waals surface area contributed by atoms with Gasteiger partial charge in [-0.05, 0) is 32.3 Å². The average molecular weight is 417 g/mol. The molecule has 1 N–H and O–H groups in total. The van der Waals surface area contributed by atoms with Gasteiger partial charge in [-0.25, -0.2) is 14.1 Å². The van der Waals surface area contributed by atoms with Crippen LogP contribution in [-0.4, -0.2) is 47.2 Å². The van der Waals surface area contributed by atoms with Gasteiger partial charge in [-0.15, -0.1) is 5.10 Å². The Labute approximate surface area is 177 Å². The Bertz CT molecular complexity index is 1390. The third kappa shape index (κ3) is 3.25. The third-order valence-corrected chi connectivity index (χ3v) is 5.29. The van der Waals surface area contributed by atoms with E-state index in [0.717, 1.165) is 29.7 Å². The molecule has 0 aromatic carbocycles. The lowest BCUT2D eigenvalue weighted by atomic mass is 9.97. The lowest BCUT2D eigenvalue weighted by Crippen LogP contribution is -2.27. The molecule has 0 spiro atoms. The van der Waals surface area contributed by atoms with E-state index in [-0.39, 0.29) is 0 Å². The number of rotatable bonds is 1. The fourth-order valence-electron chi connectivity index (χ4n) is 3.96. The van der Waals surface area contributed by atoms with Crippen LogP contribution in [0.3, 0.4) is 0 Å². The number of hydrogen-bond acceptors (Lipinski definition) is 7. The Morgan fingerprint density at radius 3 is 2.77 bits per heavy atom. The molecule has 0 aliphatic carbocycles. The molecule has 0 unspecified atom stereocenters.